The molecule has 1 aromatic heterocycles. The molecule has 5 nitrogen and oxygen atoms in total. The number of carbonyl (C=O) groups is 2. The van der Waals surface area contributed by atoms with Gasteiger partial charge in [-0.3, -0.25) is 4.79 Å². The number of thiazole rings is 1. The minimum Gasteiger partial charge on any atom is -0.423 e. The summed E-state index contributed by atoms with van der Waals surface area (Å²) in [6.45, 7) is 2.03. The van der Waals surface area contributed by atoms with Crippen LogP contribution >= 0.6 is 11.3 Å². The molecule has 0 aliphatic heterocycles. The predicted octanol–water partition coefficient (Wildman–Crippen LogP) is 5.84. The molecule has 6 heteroatoms. The van der Waals surface area contributed by atoms with Crippen molar-refractivity contribution in [2.45, 2.75) is 13.3 Å². The van der Waals surface area contributed by atoms with Crippen molar-refractivity contribution in [3.8, 4) is 17.0 Å². The average Bonchev–Trinajstić information content (AvgIpc) is 3.25. The molecular formula is C25H20N2O3S. The topological polar surface area (TPSA) is 68.3 Å². The number of anilines is 1. The molecule has 154 valence electrons. The van der Waals surface area contributed by atoms with Crippen molar-refractivity contribution in [2.75, 3.05) is 5.32 Å². The summed E-state index contributed by atoms with van der Waals surface area (Å²) in [4.78, 5) is 30.4. The highest BCUT2D eigenvalue weighted by atomic mass is 32.1. The first-order chi connectivity index (χ1) is 15.1. The molecule has 0 bridgehead atoms. The first kappa shape index (κ1) is 20.5. The molecule has 31 heavy (non-hydrogen) atoms. The van der Waals surface area contributed by atoms with E-state index >= 15 is 0 Å². The lowest BCUT2D eigenvalue weighted by Crippen LogP contribution is -2.11. The molecule has 0 saturated carbocycles. The van der Waals surface area contributed by atoms with Crippen LogP contribution in [0.5, 0.6) is 5.75 Å². The van der Waals surface area contributed by atoms with E-state index in [4.69, 9.17) is 4.74 Å². The number of ether oxygens (including phenoxy) is 1. The van der Waals surface area contributed by atoms with Crippen LogP contribution in [0.2, 0.25) is 0 Å². The van der Waals surface area contributed by atoms with Crippen LogP contribution in [0.15, 0.2) is 84.9 Å². The second-order valence-electron chi connectivity index (χ2n) is 6.74. The number of nitrogens with one attached hydrogen (secondary N) is 1. The second kappa shape index (κ2) is 9.36. The molecule has 0 atom stereocenters. The van der Waals surface area contributed by atoms with Crippen LogP contribution in [0.4, 0.5) is 5.69 Å². The van der Waals surface area contributed by atoms with Crippen LogP contribution in [0.1, 0.15) is 32.0 Å². The molecule has 1 N–H and O–H groups in total. The Hall–Kier alpha value is -3.77. The molecule has 0 fully saturated rings. The van der Waals surface area contributed by atoms with Gasteiger partial charge in [0.2, 0.25) is 0 Å². The smallest absolute Gasteiger partial charge is 0.343 e. The van der Waals surface area contributed by atoms with Crippen LogP contribution < -0.4 is 10.1 Å². The Labute approximate surface area is 184 Å². The summed E-state index contributed by atoms with van der Waals surface area (Å²) in [5.41, 5.74) is 2.86. The molecule has 0 unspecified atom stereocenters. The Balaban J connectivity index is 1.51. The van der Waals surface area contributed by atoms with Crippen molar-refractivity contribution in [1.29, 1.82) is 0 Å². The number of benzene rings is 3. The van der Waals surface area contributed by atoms with Gasteiger partial charge in [0.1, 0.15) is 5.75 Å². The number of aryl methyl sites for hydroxylation is 1. The number of carbonyl (C=O) groups excluding carboxylic acids is 2. The van der Waals surface area contributed by atoms with Crippen molar-refractivity contribution >= 4 is 28.9 Å². The maximum Gasteiger partial charge on any atom is 0.343 e. The standard InChI is InChI=1S/C25H20N2O3S/c1-2-21-22(27-24(31-21)23(28)26-19-11-7-4-8-12-19)17-13-15-20(16-14-17)30-25(29)18-9-5-3-6-10-18/h3-16H,2H2,1H3,(H,26,28). The lowest BCUT2D eigenvalue weighted by atomic mass is 10.1. The van der Waals surface area contributed by atoms with Gasteiger partial charge < -0.3 is 10.1 Å². The molecule has 4 rings (SSSR count). The summed E-state index contributed by atoms with van der Waals surface area (Å²) >= 11 is 1.39. The van der Waals surface area contributed by atoms with Gasteiger partial charge in [0.15, 0.2) is 5.01 Å². The highest BCUT2D eigenvalue weighted by Crippen LogP contribution is 2.30. The zero-order chi connectivity index (χ0) is 21.6. The summed E-state index contributed by atoms with van der Waals surface area (Å²) in [6, 6.07) is 25.3. The zero-order valence-corrected chi connectivity index (χ0v) is 17.7. The third kappa shape index (κ3) is 4.87. The Bertz CT molecular complexity index is 1190. The van der Waals surface area contributed by atoms with Crippen molar-refractivity contribution in [3.63, 3.8) is 0 Å². The molecule has 0 spiro atoms. The Morgan fingerprint density at radius 2 is 1.55 bits per heavy atom. The number of aromatic nitrogens is 1. The first-order valence-electron chi connectivity index (χ1n) is 9.88. The lowest BCUT2D eigenvalue weighted by molar-refractivity contribution is 0.0734. The summed E-state index contributed by atoms with van der Waals surface area (Å²) < 4.78 is 5.44. The summed E-state index contributed by atoms with van der Waals surface area (Å²) in [5, 5.41) is 3.28. The van der Waals surface area contributed by atoms with E-state index < -0.39 is 5.97 Å². The largest absolute Gasteiger partial charge is 0.423 e. The van der Waals surface area contributed by atoms with E-state index in [2.05, 4.69) is 10.3 Å². The lowest BCUT2D eigenvalue weighted by Gasteiger charge is -2.06. The van der Waals surface area contributed by atoms with E-state index in [9.17, 15) is 9.59 Å². The fraction of sp³-hybridized carbons (Fsp3) is 0.0800. The molecule has 1 heterocycles. The molecule has 0 aliphatic rings. The van der Waals surface area contributed by atoms with Gasteiger partial charge in [-0.15, -0.1) is 11.3 Å². The van der Waals surface area contributed by atoms with E-state index in [1.807, 2.05) is 55.5 Å². The second-order valence-corrected chi connectivity index (χ2v) is 7.83. The third-order valence-corrected chi connectivity index (χ3v) is 5.79. The van der Waals surface area contributed by atoms with Crippen molar-refractivity contribution in [1.82, 2.24) is 4.98 Å². The predicted molar refractivity (Wildman–Crippen MR) is 123 cm³/mol. The molecular weight excluding hydrogens is 408 g/mol. The van der Waals surface area contributed by atoms with Crippen molar-refractivity contribution in [2.24, 2.45) is 0 Å². The van der Waals surface area contributed by atoms with E-state index in [0.29, 0.717) is 16.3 Å². The highest BCUT2D eigenvalue weighted by Gasteiger charge is 2.17. The Morgan fingerprint density at radius 3 is 2.19 bits per heavy atom. The minimum absolute atomic E-state index is 0.231. The van der Waals surface area contributed by atoms with Gasteiger partial charge in [-0.25, -0.2) is 9.78 Å². The van der Waals surface area contributed by atoms with Crippen LogP contribution in [-0.2, 0) is 6.42 Å². The van der Waals surface area contributed by atoms with Crippen molar-refractivity contribution < 1.29 is 14.3 Å². The first-order valence-corrected chi connectivity index (χ1v) is 10.7. The van der Waals surface area contributed by atoms with E-state index in [1.165, 1.54) is 11.3 Å². The number of hydrogen-bond acceptors (Lipinski definition) is 5. The summed E-state index contributed by atoms with van der Waals surface area (Å²) in [6.07, 6.45) is 0.760. The molecule has 1 amide bonds. The van der Waals surface area contributed by atoms with E-state index in [1.54, 1.807) is 36.4 Å². The normalized spacial score (nSPS) is 10.5. The van der Waals surface area contributed by atoms with Gasteiger partial charge in [-0.1, -0.05) is 43.3 Å². The number of para-hydroxylation sites is 1. The Morgan fingerprint density at radius 1 is 0.903 bits per heavy atom. The number of esters is 1. The van der Waals surface area contributed by atoms with Crippen LogP contribution in [0.25, 0.3) is 11.3 Å². The Kier molecular flexibility index (Phi) is 6.19. The molecule has 4 aromatic rings. The SMILES string of the molecule is CCc1sc(C(=O)Nc2ccccc2)nc1-c1ccc(OC(=O)c2ccccc2)cc1. The highest BCUT2D eigenvalue weighted by molar-refractivity contribution is 7.14. The van der Waals surface area contributed by atoms with Gasteiger partial charge in [0.25, 0.3) is 5.91 Å². The van der Waals surface area contributed by atoms with Crippen LogP contribution in [0, 0.1) is 0 Å². The fourth-order valence-electron chi connectivity index (χ4n) is 3.04. The minimum atomic E-state index is -0.406. The molecule has 0 radical (unpaired) electrons. The molecule has 3 aromatic carbocycles. The van der Waals surface area contributed by atoms with Gasteiger partial charge in [0, 0.05) is 16.1 Å². The number of rotatable bonds is 6. The zero-order valence-electron chi connectivity index (χ0n) is 16.9. The number of nitrogens with zero attached hydrogens (tertiary/aromatic N) is 1. The van der Waals surface area contributed by atoms with Gasteiger partial charge in [-0.2, -0.15) is 0 Å². The fourth-order valence-corrected chi connectivity index (χ4v) is 3.96. The summed E-state index contributed by atoms with van der Waals surface area (Å²) in [5.74, 6) is -0.186. The average molecular weight is 429 g/mol. The van der Waals surface area contributed by atoms with Crippen molar-refractivity contribution in [3.05, 3.63) is 100 Å². The maximum absolute atomic E-state index is 12.6. The monoisotopic (exact) mass is 428 g/mol. The van der Waals surface area contributed by atoms with E-state index in [-0.39, 0.29) is 5.91 Å². The van der Waals surface area contributed by atoms with Gasteiger partial charge >= 0.3 is 5.97 Å². The van der Waals surface area contributed by atoms with Gasteiger partial charge in [0.05, 0.1) is 11.3 Å². The van der Waals surface area contributed by atoms with Crippen LogP contribution in [0.3, 0.4) is 0 Å². The van der Waals surface area contributed by atoms with Crippen LogP contribution in [-0.4, -0.2) is 16.9 Å². The quantitative estimate of drug-likeness (QED) is 0.309. The molecule has 0 saturated heterocycles. The summed E-state index contributed by atoms with van der Waals surface area (Å²) in [7, 11) is 0. The van der Waals surface area contributed by atoms with Gasteiger partial charge in [-0.05, 0) is 55.0 Å². The number of hydrogen-bond donors (Lipinski definition) is 1. The number of amides is 1. The third-order valence-electron chi connectivity index (χ3n) is 4.59. The van der Waals surface area contributed by atoms with E-state index in [0.717, 1.165) is 28.2 Å². The molecule has 0 aliphatic carbocycles. The maximum atomic E-state index is 12.6.